The smallest absolute Gasteiger partial charge is 0.201 e. The minimum Gasteiger partial charge on any atom is -0.453 e. The molecule has 1 aliphatic heterocycles. The standard InChI is InChI=1S/C22H18FN3O3S/c23-15-10-14(24)3-5-18(15)29-19-6-7-25-17-11-20(30-21(17)19)13-2-4-16(26-12-13)22-27-8-1-9-28-22/h2-7,10-12,22H,1,8-9,24H2. The van der Waals surface area contributed by atoms with E-state index in [4.69, 9.17) is 19.9 Å². The van der Waals surface area contributed by atoms with Crippen molar-refractivity contribution in [3.8, 4) is 21.9 Å². The second kappa shape index (κ2) is 7.98. The van der Waals surface area contributed by atoms with E-state index in [1.54, 1.807) is 24.5 Å². The topological polar surface area (TPSA) is 79.5 Å². The summed E-state index contributed by atoms with van der Waals surface area (Å²) in [6, 6.07) is 11.9. The highest BCUT2D eigenvalue weighted by atomic mass is 32.1. The number of thiophene rings is 1. The van der Waals surface area contributed by atoms with Crippen LogP contribution >= 0.6 is 11.3 Å². The van der Waals surface area contributed by atoms with Crippen molar-refractivity contribution in [2.45, 2.75) is 12.7 Å². The minimum atomic E-state index is -0.510. The fraction of sp³-hybridized carbons (Fsp3) is 0.182. The van der Waals surface area contributed by atoms with Crippen molar-refractivity contribution >= 4 is 27.2 Å². The maximum atomic E-state index is 14.2. The molecule has 0 amide bonds. The Morgan fingerprint density at radius 2 is 1.90 bits per heavy atom. The first-order valence-corrected chi connectivity index (χ1v) is 10.3. The average molecular weight is 423 g/mol. The zero-order chi connectivity index (χ0) is 20.5. The highest BCUT2D eigenvalue weighted by Gasteiger charge is 2.18. The number of nitrogen functional groups attached to an aromatic ring is 1. The summed E-state index contributed by atoms with van der Waals surface area (Å²) in [6.07, 6.45) is 3.92. The first-order valence-electron chi connectivity index (χ1n) is 9.48. The van der Waals surface area contributed by atoms with Crippen LogP contribution in [0, 0.1) is 5.82 Å². The van der Waals surface area contributed by atoms with Gasteiger partial charge in [-0.15, -0.1) is 11.3 Å². The van der Waals surface area contributed by atoms with Crippen LogP contribution in [0.3, 0.4) is 0 Å². The van der Waals surface area contributed by atoms with E-state index in [-0.39, 0.29) is 5.75 Å². The molecule has 0 bridgehead atoms. The average Bonchev–Trinajstić information content (AvgIpc) is 3.22. The van der Waals surface area contributed by atoms with Crippen LogP contribution < -0.4 is 10.5 Å². The third-order valence-electron chi connectivity index (χ3n) is 4.69. The Morgan fingerprint density at radius 3 is 2.67 bits per heavy atom. The molecule has 0 atom stereocenters. The third-order valence-corrected chi connectivity index (χ3v) is 5.88. The lowest BCUT2D eigenvalue weighted by Crippen LogP contribution is -2.18. The van der Waals surface area contributed by atoms with Gasteiger partial charge in [0.25, 0.3) is 0 Å². The Bertz CT molecular complexity index is 1190. The van der Waals surface area contributed by atoms with Crippen LogP contribution in [0.5, 0.6) is 11.5 Å². The Balaban J connectivity index is 1.44. The molecular weight excluding hydrogens is 405 g/mol. The molecule has 1 aromatic carbocycles. The van der Waals surface area contributed by atoms with Gasteiger partial charge in [-0.05, 0) is 30.7 Å². The number of anilines is 1. The van der Waals surface area contributed by atoms with E-state index in [9.17, 15) is 4.39 Å². The Morgan fingerprint density at radius 1 is 1.03 bits per heavy atom. The zero-order valence-corrected chi connectivity index (χ0v) is 16.7. The van der Waals surface area contributed by atoms with Gasteiger partial charge in [-0.3, -0.25) is 9.97 Å². The van der Waals surface area contributed by atoms with Crippen molar-refractivity contribution in [1.82, 2.24) is 9.97 Å². The number of aromatic nitrogens is 2. The monoisotopic (exact) mass is 423 g/mol. The summed E-state index contributed by atoms with van der Waals surface area (Å²) in [5.74, 6) is 0.141. The van der Waals surface area contributed by atoms with Gasteiger partial charge < -0.3 is 19.9 Å². The first-order chi connectivity index (χ1) is 14.7. The highest BCUT2D eigenvalue weighted by molar-refractivity contribution is 7.22. The van der Waals surface area contributed by atoms with E-state index in [0.717, 1.165) is 32.8 Å². The molecule has 2 N–H and O–H groups in total. The number of nitrogens with zero attached hydrogens (tertiary/aromatic N) is 2. The number of nitrogens with two attached hydrogens (primary N) is 1. The van der Waals surface area contributed by atoms with Gasteiger partial charge in [-0.2, -0.15) is 0 Å². The van der Waals surface area contributed by atoms with Gasteiger partial charge in [0.15, 0.2) is 11.6 Å². The fourth-order valence-electron chi connectivity index (χ4n) is 3.20. The van der Waals surface area contributed by atoms with E-state index < -0.39 is 12.1 Å². The van der Waals surface area contributed by atoms with Gasteiger partial charge in [-0.1, -0.05) is 6.07 Å². The minimum absolute atomic E-state index is 0.116. The number of pyridine rings is 2. The summed E-state index contributed by atoms with van der Waals surface area (Å²) in [5, 5.41) is 0. The van der Waals surface area contributed by atoms with Gasteiger partial charge in [0.05, 0.1) is 29.1 Å². The number of hydrogen-bond donors (Lipinski definition) is 1. The lowest BCUT2D eigenvalue weighted by Gasteiger charge is -2.22. The fourth-order valence-corrected chi connectivity index (χ4v) is 4.26. The summed E-state index contributed by atoms with van der Waals surface area (Å²) < 4.78 is 32.0. The molecule has 0 spiro atoms. The summed E-state index contributed by atoms with van der Waals surface area (Å²) in [7, 11) is 0. The molecule has 0 unspecified atom stereocenters. The molecule has 152 valence electrons. The maximum Gasteiger partial charge on any atom is 0.201 e. The second-order valence-electron chi connectivity index (χ2n) is 6.82. The summed E-state index contributed by atoms with van der Waals surface area (Å²) in [6.45, 7) is 1.35. The summed E-state index contributed by atoms with van der Waals surface area (Å²) in [4.78, 5) is 9.90. The van der Waals surface area contributed by atoms with Crippen LogP contribution in [-0.4, -0.2) is 23.2 Å². The van der Waals surface area contributed by atoms with Crippen molar-refractivity contribution in [3.05, 3.63) is 66.4 Å². The molecule has 8 heteroatoms. The van der Waals surface area contributed by atoms with Gasteiger partial charge in [-0.25, -0.2) is 4.39 Å². The van der Waals surface area contributed by atoms with Crippen LogP contribution in [0.25, 0.3) is 20.7 Å². The van der Waals surface area contributed by atoms with Gasteiger partial charge in [0.1, 0.15) is 5.75 Å². The molecule has 3 aromatic heterocycles. The van der Waals surface area contributed by atoms with Crippen molar-refractivity contribution in [2.75, 3.05) is 18.9 Å². The molecule has 6 nitrogen and oxygen atoms in total. The predicted molar refractivity (Wildman–Crippen MR) is 113 cm³/mol. The molecule has 30 heavy (non-hydrogen) atoms. The number of rotatable bonds is 4. The Hall–Kier alpha value is -3.07. The molecular formula is C22H18FN3O3S. The maximum absolute atomic E-state index is 14.2. The number of ether oxygens (including phenoxy) is 3. The Kier molecular flexibility index (Phi) is 5.04. The van der Waals surface area contributed by atoms with E-state index in [1.165, 1.54) is 23.5 Å². The first kappa shape index (κ1) is 18.9. The largest absolute Gasteiger partial charge is 0.453 e. The summed E-state index contributed by atoms with van der Waals surface area (Å²) in [5.41, 5.74) is 8.42. The quantitative estimate of drug-likeness (QED) is 0.448. The van der Waals surface area contributed by atoms with Gasteiger partial charge >= 0.3 is 0 Å². The van der Waals surface area contributed by atoms with E-state index in [1.807, 2.05) is 18.2 Å². The van der Waals surface area contributed by atoms with E-state index in [0.29, 0.717) is 24.7 Å². The van der Waals surface area contributed by atoms with Crippen molar-refractivity contribution in [1.29, 1.82) is 0 Å². The van der Waals surface area contributed by atoms with Gasteiger partial charge in [0.2, 0.25) is 6.29 Å². The zero-order valence-electron chi connectivity index (χ0n) is 15.9. The third kappa shape index (κ3) is 3.72. The van der Waals surface area contributed by atoms with Crippen LogP contribution in [0.4, 0.5) is 10.1 Å². The number of fused-ring (bicyclic) bond motifs is 1. The van der Waals surface area contributed by atoms with Crippen LogP contribution in [-0.2, 0) is 9.47 Å². The number of halogens is 1. The molecule has 4 heterocycles. The van der Waals surface area contributed by atoms with Crippen molar-refractivity contribution < 1.29 is 18.6 Å². The molecule has 1 saturated heterocycles. The second-order valence-corrected chi connectivity index (χ2v) is 7.88. The van der Waals surface area contributed by atoms with Crippen molar-refractivity contribution in [2.24, 2.45) is 0 Å². The molecule has 0 radical (unpaired) electrons. The van der Waals surface area contributed by atoms with Crippen molar-refractivity contribution in [3.63, 3.8) is 0 Å². The molecule has 1 aliphatic rings. The molecule has 5 rings (SSSR count). The lowest BCUT2D eigenvalue weighted by molar-refractivity contribution is -0.185. The SMILES string of the molecule is Nc1ccc(Oc2ccnc3cc(-c4ccc(C5OCCCO5)nc4)sc23)c(F)c1. The lowest BCUT2D eigenvalue weighted by atomic mass is 10.2. The van der Waals surface area contributed by atoms with Gasteiger partial charge in [0, 0.05) is 40.7 Å². The molecule has 0 saturated carbocycles. The molecule has 4 aromatic rings. The van der Waals surface area contributed by atoms with E-state index >= 15 is 0 Å². The molecule has 0 aliphatic carbocycles. The predicted octanol–water partition coefficient (Wildman–Crippen LogP) is 5.31. The molecule has 1 fully saturated rings. The van der Waals surface area contributed by atoms with Crippen LogP contribution in [0.1, 0.15) is 18.4 Å². The Labute approximate surface area is 176 Å². The highest BCUT2D eigenvalue weighted by Crippen LogP contribution is 2.39. The summed E-state index contributed by atoms with van der Waals surface area (Å²) >= 11 is 1.51. The number of benzene rings is 1. The normalized spacial score (nSPS) is 14.8. The van der Waals surface area contributed by atoms with E-state index in [2.05, 4.69) is 9.97 Å². The van der Waals surface area contributed by atoms with Crippen LogP contribution in [0.15, 0.2) is 54.9 Å². The van der Waals surface area contributed by atoms with Crippen LogP contribution in [0.2, 0.25) is 0 Å². The number of hydrogen-bond acceptors (Lipinski definition) is 7.